The van der Waals surface area contributed by atoms with Crippen molar-refractivity contribution in [2.45, 2.75) is 0 Å². The van der Waals surface area contributed by atoms with Crippen LogP contribution in [0.5, 0.6) is 5.75 Å². The first-order valence-electron chi connectivity index (χ1n) is 3.58. The summed E-state index contributed by atoms with van der Waals surface area (Å²) in [7, 11) is -3.52. The first-order valence-corrected chi connectivity index (χ1v) is 5.77. The van der Waals surface area contributed by atoms with Crippen LogP contribution >= 0.6 is 11.6 Å². The molecule has 0 radical (unpaired) electrons. The Morgan fingerprint density at radius 2 is 2.14 bits per heavy atom. The van der Waals surface area contributed by atoms with Gasteiger partial charge in [-0.25, -0.2) is 0 Å². The van der Waals surface area contributed by atoms with Crippen molar-refractivity contribution in [2.75, 3.05) is 6.26 Å². The Kier molecular flexibility index (Phi) is 3.04. The molecule has 1 aromatic rings. The van der Waals surface area contributed by atoms with E-state index in [9.17, 15) is 8.42 Å². The van der Waals surface area contributed by atoms with Gasteiger partial charge in [0.05, 0.1) is 11.3 Å². The van der Waals surface area contributed by atoms with E-state index >= 15 is 0 Å². The molecule has 0 amide bonds. The third-order valence-corrected chi connectivity index (χ3v) is 2.15. The lowest BCUT2D eigenvalue weighted by molar-refractivity contribution is 0.493. The predicted molar refractivity (Wildman–Crippen MR) is 54.9 cm³/mol. The molecule has 0 fully saturated rings. The highest BCUT2D eigenvalue weighted by molar-refractivity contribution is 7.86. The Balaban J connectivity index is 3.06. The number of terminal acetylenes is 1. The van der Waals surface area contributed by atoms with Gasteiger partial charge in [-0.05, 0) is 12.1 Å². The Bertz CT molecular complexity index is 485. The summed E-state index contributed by atoms with van der Waals surface area (Å²) >= 11 is 5.74. The number of benzene rings is 1. The fourth-order valence-corrected chi connectivity index (χ4v) is 1.52. The predicted octanol–water partition coefficient (Wildman–Crippen LogP) is 1.66. The third kappa shape index (κ3) is 2.95. The van der Waals surface area contributed by atoms with E-state index in [-0.39, 0.29) is 10.8 Å². The fourth-order valence-electron chi connectivity index (χ4n) is 0.840. The summed E-state index contributed by atoms with van der Waals surface area (Å²) in [5.74, 6) is 2.50. The lowest BCUT2D eigenvalue weighted by Gasteiger charge is -2.03. The summed E-state index contributed by atoms with van der Waals surface area (Å²) in [6.45, 7) is 0. The van der Waals surface area contributed by atoms with Crippen molar-refractivity contribution >= 4 is 21.7 Å². The van der Waals surface area contributed by atoms with Crippen LogP contribution in [0.4, 0.5) is 0 Å². The second kappa shape index (κ2) is 3.91. The number of hydrogen-bond acceptors (Lipinski definition) is 3. The second-order valence-electron chi connectivity index (χ2n) is 2.57. The van der Waals surface area contributed by atoms with E-state index in [1.54, 1.807) is 0 Å². The van der Waals surface area contributed by atoms with Crippen LogP contribution in [0.25, 0.3) is 0 Å². The molecule has 1 rings (SSSR count). The van der Waals surface area contributed by atoms with Crippen LogP contribution in [0.3, 0.4) is 0 Å². The van der Waals surface area contributed by atoms with Crippen LogP contribution < -0.4 is 4.18 Å². The van der Waals surface area contributed by atoms with Crippen molar-refractivity contribution in [1.29, 1.82) is 0 Å². The van der Waals surface area contributed by atoms with Crippen LogP contribution in [0.1, 0.15) is 5.56 Å². The van der Waals surface area contributed by atoms with Crippen LogP contribution in [-0.4, -0.2) is 14.7 Å². The highest BCUT2D eigenvalue weighted by Crippen LogP contribution is 2.22. The Morgan fingerprint density at radius 1 is 1.50 bits per heavy atom. The lowest BCUT2D eigenvalue weighted by Crippen LogP contribution is -2.05. The van der Waals surface area contributed by atoms with Gasteiger partial charge in [-0.2, -0.15) is 8.42 Å². The molecule has 0 saturated carbocycles. The molecule has 74 valence electrons. The molecule has 0 spiro atoms. The molecule has 0 atom stereocenters. The molecule has 1 aromatic carbocycles. The summed E-state index contributed by atoms with van der Waals surface area (Å²) in [5, 5.41) is 0.286. The van der Waals surface area contributed by atoms with Gasteiger partial charge in [-0.15, -0.1) is 6.42 Å². The number of rotatable bonds is 2. The normalized spacial score (nSPS) is 10.6. The zero-order valence-electron chi connectivity index (χ0n) is 7.32. The molecule has 0 saturated heterocycles. The average Bonchev–Trinajstić information content (AvgIpc) is 2.01. The molecule has 0 N–H and O–H groups in total. The van der Waals surface area contributed by atoms with E-state index in [4.69, 9.17) is 18.0 Å². The molecular weight excluding hydrogens is 224 g/mol. The highest BCUT2D eigenvalue weighted by Gasteiger charge is 2.06. The van der Waals surface area contributed by atoms with Crippen molar-refractivity contribution in [3.8, 4) is 18.1 Å². The minimum Gasteiger partial charge on any atom is -0.383 e. The molecular formula is C9H7ClO3S. The van der Waals surface area contributed by atoms with Crippen molar-refractivity contribution in [3.63, 3.8) is 0 Å². The lowest BCUT2D eigenvalue weighted by atomic mass is 10.2. The first-order chi connectivity index (χ1) is 6.42. The van der Waals surface area contributed by atoms with Gasteiger partial charge in [0.2, 0.25) is 0 Å². The van der Waals surface area contributed by atoms with Crippen molar-refractivity contribution in [2.24, 2.45) is 0 Å². The summed E-state index contributed by atoms with van der Waals surface area (Å²) in [6, 6.07) is 4.32. The van der Waals surface area contributed by atoms with Crippen LogP contribution in [0.15, 0.2) is 18.2 Å². The smallest absolute Gasteiger partial charge is 0.306 e. The standard InChI is InChI=1S/C9H7ClO3S/c1-3-7-4-5-8(6-9(7)10)13-14(2,11)12/h1,4-6H,2H3. The van der Waals surface area contributed by atoms with Gasteiger partial charge in [0.1, 0.15) is 5.75 Å². The molecule has 5 heteroatoms. The Morgan fingerprint density at radius 3 is 2.57 bits per heavy atom. The molecule has 0 aromatic heterocycles. The van der Waals surface area contributed by atoms with Crippen molar-refractivity contribution in [3.05, 3.63) is 28.8 Å². The summed E-state index contributed by atoms with van der Waals surface area (Å²) in [6.07, 6.45) is 6.09. The van der Waals surface area contributed by atoms with Gasteiger partial charge >= 0.3 is 10.1 Å². The average molecular weight is 231 g/mol. The van der Waals surface area contributed by atoms with E-state index < -0.39 is 10.1 Å². The Labute approximate surface area is 87.8 Å². The van der Waals surface area contributed by atoms with E-state index in [1.807, 2.05) is 0 Å². The number of halogens is 1. The minimum atomic E-state index is -3.52. The molecule has 0 aliphatic heterocycles. The van der Waals surface area contributed by atoms with Crippen molar-refractivity contribution in [1.82, 2.24) is 0 Å². The van der Waals surface area contributed by atoms with Gasteiger partial charge < -0.3 is 4.18 Å². The van der Waals surface area contributed by atoms with Gasteiger partial charge in [-0.1, -0.05) is 17.5 Å². The molecule has 0 aliphatic carbocycles. The van der Waals surface area contributed by atoms with Crippen LogP contribution in [-0.2, 0) is 10.1 Å². The van der Waals surface area contributed by atoms with E-state index in [0.717, 1.165) is 6.26 Å². The first kappa shape index (κ1) is 10.9. The maximum absolute atomic E-state index is 10.8. The molecule has 0 bridgehead atoms. The SMILES string of the molecule is C#Cc1ccc(OS(C)(=O)=O)cc1Cl. The summed E-state index contributed by atoms with van der Waals surface area (Å²) in [5.41, 5.74) is 0.493. The molecule has 3 nitrogen and oxygen atoms in total. The zero-order valence-corrected chi connectivity index (χ0v) is 8.89. The van der Waals surface area contributed by atoms with Gasteiger partial charge in [0.25, 0.3) is 0 Å². The maximum Gasteiger partial charge on any atom is 0.306 e. The number of hydrogen-bond donors (Lipinski definition) is 0. The van der Waals surface area contributed by atoms with Crippen LogP contribution in [0.2, 0.25) is 5.02 Å². The van der Waals surface area contributed by atoms with E-state index in [1.165, 1.54) is 18.2 Å². The molecule has 0 unspecified atom stereocenters. The quantitative estimate of drug-likeness (QED) is 0.573. The van der Waals surface area contributed by atoms with Crippen LogP contribution in [0, 0.1) is 12.3 Å². The molecule has 0 aliphatic rings. The summed E-state index contributed by atoms with van der Waals surface area (Å²) in [4.78, 5) is 0. The topological polar surface area (TPSA) is 43.4 Å². The van der Waals surface area contributed by atoms with Crippen molar-refractivity contribution < 1.29 is 12.6 Å². The van der Waals surface area contributed by atoms with E-state index in [2.05, 4.69) is 10.1 Å². The zero-order chi connectivity index (χ0) is 10.8. The highest BCUT2D eigenvalue weighted by atomic mass is 35.5. The monoisotopic (exact) mass is 230 g/mol. The van der Waals surface area contributed by atoms with Gasteiger partial charge in [0, 0.05) is 11.6 Å². The minimum absolute atomic E-state index is 0.150. The maximum atomic E-state index is 10.8. The largest absolute Gasteiger partial charge is 0.383 e. The fraction of sp³-hybridized carbons (Fsp3) is 0.111. The second-order valence-corrected chi connectivity index (χ2v) is 4.56. The summed E-state index contributed by atoms with van der Waals surface area (Å²) < 4.78 is 26.1. The van der Waals surface area contributed by atoms with Gasteiger partial charge in [0.15, 0.2) is 0 Å². The van der Waals surface area contributed by atoms with E-state index in [0.29, 0.717) is 5.56 Å². The van der Waals surface area contributed by atoms with Gasteiger partial charge in [-0.3, -0.25) is 0 Å². The third-order valence-electron chi connectivity index (χ3n) is 1.34. The Hall–Kier alpha value is -1.18. The molecule has 14 heavy (non-hydrogen) atoms. The molecule has 0 heterocycles.